The van der Waals surface area contributed by atoms with Crippen LogP contribution in [0, 0.1) is 0 Å². The molecule has 2 unspecified atom stereocenters. The number of ether oxygens (including phenoxy) is 2. The highest BCUT2D eigenvalue weighted by molar-refractivity contribution is 5.22. The number of likely N-dealkylation sites (tertiary alicyclic amines) is 1. The maximum atomic E-state index is 10.2. The molecule has 2 heterocycles. The zero-order valence-electron chi connectivity index (χ0n) is 10.1. The highest BCUT2D eigenvalue weighted by atomic mass is 16.7. The van der Waals surface area contributed by atoms with Gasteiger partial charge in [0.05, 0.1) is 6.10 Å². The number of hydrogen-bond acceptors (Lipinski definition) is 4. The molecular weight excluding hydrogens is 230 g/mol. The van der Waals surface area contributed by atoms with Gasteiger partial charge in [0.1, 0.15) is 12.5 Å². The van der Waals surface area contributed by atoms with E-state index in [0.29, 0.717) is 0 Å². The third-order valence-corrected chi connectivity index (χ3v) is 3.58. The Balaban J connectivity index is 1.73. The second kappa shape index (κ2) is 5.00. The number of benzene rings is 1. The molecule has 2 atom stereocenters. The van der Waals surface area contributed by atoms with Gasteiger partial charge in [-0.05, 0) is 12.0 Å². The third kappa shape index (κ3) is 2.21. The summed E-state index contributed by atoms with van der Waals surface area (Å²) in [5, 5.41) is 10.2. The van der Waals surface area contributed by atoms with Crippen molar-refractivity contribution in [3.05, 3.63) is 48.4 Å². The van der Waals surface area contributed by atoms with Crippen LogP contribution in [0.5, 0.6) is 0 Å². The van der Waals surface area contributed by atoms with Crippen molar-refractivity contribution in [2.45, 2.75) is 24.9 Å². The quantitative estimate of drug-likeness (QED) is 0.862. The first-order valence-corrected chi connectivity index (χ1v) is 6.27. The Morgan fingerprint density at radius 1 is 1.11 bits per heavy atom. The number of aliphatic hydroxyl groups is 1. The first kappa shape index (κ1) is 11.6. The molecule has 2 aliphatic heterocycles. The minimum absolute atomic E-state index is 0.118. The van der Waals surface area contributed by atoms with Crippen molar-refractivity contribution in [1.29, 1.82) is 0 Å². The van der Waals surface area contributed by atoms with Crippen LogP contribution in [0.2, 0.25) is 0 Å². The van der Waals surface area contributed by atoms with Gasteiger partial charge in [0.2, 0.25) is 0 Å². The van der Waals surface area contributed by atoms with Crippen LogP contribution in [0.3, 0.4) is 0 Å². The van der Waals surface area contributed by atoms with E-state index in [1.165, 1.54) is 5.56 Å². The maximum Gasteiger partial charge on any atom is 0.303 e. The highest BCUT2D eigenvalue weighted by Crippen LogP contribution is 2.29. The van der Waals surface area contributed by atoms with Crippen LogP contribution in [-0.4, -0.2) is 35.6 Å². The van der Waals surface area contributed by atoms with Gasteiger partial charge in [0.15, 0.2) is 0 Å². The van der Waals surface area contributed by atoms with E-state index in [-0.39, 0.29) is 18.4 Å². The molecule has 0 bridgehead atoms. The predicted octanol–water partition coefficient (Wildman–Crippen LogP) is 1.64. The molecule has 18 heavy (non-hydrogen) atoms. The van der Waals surface area contributed by atoms with Crippen LogP contribution < -0.4 is 0 Å². The largest absolute Gasteiger partial charge is 0.446 e. The molecule has 1 N–H and O–H groups in total. The lowest BCUT2D eigenvalue weighted by Gasteiger charge is -2.37. The molecular formula is C14H17NO3. The summed E-state index contributed by atoms with van der Waals surface area (Å²) in [6.45, 7) is 1.54. The standard InChI is InChI=1S/C14H17NO3/c16-13-6-7-15(14-17-8-9-18-14)10-12(13)11-4-2-1-3-5-11/h1-5,8-9,12-14,16H,6-7,10H2. The Labute approximate surface area is 106 Å². The normalized spacial score (nSPS) is 28.9. The van der Waals surface area contributed by atoms with Gasteiger partial charge in [-0.25, -0.2) is 4.90 Å². The van der Waals surface area contributed by atoms with Crippen molar-refractivity contribution >= 4 is 0 Å². The highest BCUT2D eigenvalue weighted by Gasteiger charge is 2.34. The summed E-state index contributed by atoms with van der Waals surface area (Å²) in [6.07, 6.45) is 3.24. The lowest BCUT2D eigenvalue weighted by Crippen LogP contribution is -2.47. The number of rotatable bonds is 2. The molecule has 1 saturated heterocycles. The average molecular weight is 247 g/mol. The molecule has 0 saturated carbocycles. The van der Waals surface area contributed by atoms with Crippen molar-refractivity contribution in [2.75, 3.05) is 13.1 Å². The summed E-state index contributed by atoms with van der Waals surface area (Å²) < 4.78 is 10.7. The van der Waals surface area contributed by atoms with Gasteiger partial charge in [-0.2, -0.15) is 0 Å². The van der Waals surface area contributed by atoms with Gasteiger partial charge in [0, 0.05) is 19.0 Å². The summed E-state index contributed by atoms with van der Waals surface area (Å²) in [5.74, 6) is 0.118. The Hall–Kier alpha value is -1.52. The van der Waals surface area contributed by atoms with Crippen LogP contribution in [-0.2, 0) is 9.47 Å². The van der Waals surface area contributed by atoms with E-state index in [2.05, 4.69) is 17.0 Å². The Morgan fingerprint density at radius 2 is 1.83 bits per heavy atom. The minimum atomic E-state index is -0.330. The fourth-order valence-corrected chi connectivity index (χ4v) is 2.59. The van der Waals surface area contributed by atoms with Crippen molar-refractivity contribution in [3.8, 4) is 0 Å². The SMILES string of the molecule is OC1CCN(C2OC=CO2)CC1c1ccccc1. The van der Waals surface area contributed by atoms with Crippen molar-refractivity contribution in [2.24, 2.45) is 0 Å². The number of hydrogen-bond donors (Lipinski definition) is 1. The Morgan fingerprint density at radius 3 is 2.56 bits per heavy atom. The van der Waals surface area contributed by atoms with Crippen molar-refractivity contribution in [1.82, 2.24) is 4.90 Å². The fourth-order valence-electron chi connectivity index (χ4n) is 2.59. The lowest BCUT2D eigenvalue weighted by molar-refractivity contribution is -0.155. The fraction of sp³-hybridized carbons (Fsp3) is 0.429. The smallest absolute Gasteiger partial charge is 0.303 e. The van der Waals surface area contributed by atoms with Crippen molar-refractivity contribution in [3.63, 3.8) is 0 Å². The predicted molar refractivity (Wildman–Crippen MR) is 66.5 cm³/mol. The van der Waals surface area contributed by atoms with E-state index in [9.17, 15) is 5.11 Å². The molecule has 2 aliphatic rings. The molecule has 0 radical (unpaired) electrons. The van der Waals surface area contributed by atoms with E-state index in [4.69, 9.17) is 9.47 Å². The second-order valence-corrected chi connectivity index (χ2v) is 4.72. The number of aliphatic hydroxyl groups excluding tert-OH is 1. The zero-order chi connectivity index (χ0) is 12.4. The van der Waals surface area contributed by atoms with E-state index < -0.39 is 0 Å². The first-order valence-electron chi connectivity index (χ1n) is 6.27. The summed E-state index contributed by atoms with van der Waals surface area (Å²) in [5.41, 5.74) is 1.17. The van der Waals surface area contributed by atoms with Gasteiger partial charge in [-0.3, -0.25) is 0 Å². The van der Waals surface area contributed by atoms with E-state index in [1.54, 1.807) is 12.5 Å². The first-order chi connectivity index (χ1) is 8.84. The topological polar surface area (TPSA) is 41.9 Å². The summed E-state index contributed by atoms with van der Waals surface area (Å²) in [7, 11) is 0. The van der Waals surface area contributed by atoms with Gasteiger partial charge < -0.3 is 14.6 Å². The van der Waals surface area contributed by atoms with Crippen LogP contribution in [0.4, 0.5) is 0 Å². The van der Waals surface area contributed by atoms with E-state index in [0.717, 1.165) is 19.5 Å². The van der Waals surface area contributed by atoms with Gasteiger partial charge in [-0.1, -0.05) is 30.3 Å². The summed E-state index contributed by atoms with van der Waals surface area (Å²) >= 11 is 0. The molecule has 1 aromatic carbocycles. The molecule has 0 spiro atoms. The lowest BCUT2D eigenvalue weighted by atomic mass is 9.88. The zero-order valence-corrected chi connectivity index (χ0v) is 10.1. The monoisotopic (exact) mass is 247 g/mol. The Kier molecular flexibility index (Phi) is 3.21. The van der Waals surface area contributed by atoms with Crippen LogP contribution in [0.25, 0.3) is 0 Å². The number of nitrogens with zero attached hydrogens (tertiary/aromatic N) is 1. The molecule has 1 fully saturated rings. The van der Waals surface area contributed by atoms with E-state index >= 15 is 0 Å². The van der Waals surface area contributed by atoms with Gasteiger partial charge >= 0.3 is 6.41 Å². The Bertz CT molecular complexity index is 412. The molecule has 96 valence electrons. The molecule has 0 aliphatic carbocycles. The van der Waals surface area contributed by atoms with Gasteiger partial charge in [-0.15, -0.1) is 0 Å². The van der Waals surface area contributed by atoms with Crippen LogP contribution in [0.1, 0.15) is 17.9 Å². The molecule has 3 rings (SSSR count). The summed E-state index contributed by atoms with van der Waals surface area (Å²) in [4.78, 5) is 2.12. The van der Waals surface area contributed by atoms with Crippen LogP contribution >= 0.6 is 0 Å². The average Bonchev–Trinajstić information content (AvgIpc) is 2.94. The van der Waals surface area contributed by atoms with Crippen molar-refractivity contribution < 1.29 is 14.6 Å². The van der Waals surface area contributed by atoms with Crippen LogP contribution in [0.15, 0.2) is 42.9 Å². The number of piperidine rings is 1. The third-order valence-electron chi connectivity index (χ3n) is 3.58. The van der Waals surface area contributed by atoms with Gasteiger partial charge in [0.25, 0.3) is 0 Å². The maximum absolute atomic E-state index is 10.2. The second-order valence-electron chi connectivity index (χ2n) is 4.72. The molecule has 0 aromatic heterocycles. The molecule has 4 heteroatoms. The summed E-state index contributed by atoms with van der Waals surface area (Å²) in [6, 6.07) is 10.1. The molecule has 0 amide bonds. The molecule has 4 nitrogen and oxygen atoms in total. The molecule has 1 aromatic rings. The van der Waals surface area contributed by atoms with E-state index in [1.807, 2.05) is 18.2 Å². The minimum Gasteiger partial charge on any atom is -0.446 e.